The van der Waals surface area contributed by atoms with Gasteiger partial charge in [0, 0.05) is 32.5 Å². The third-order valence-corrected chi connectivity index (χ3v) is 2.78. The molecule has 0 fully saturated rings. The summed E-state index contributed by atoms with van der Waals surface area (Å²) >= 11 is 0. The molecule has 2 nitrogen and oxygen atoms in total. The number of anilines is 2. The smallest absolute Gasteiger partial charge is 0.0502 e. The fraction of sp³-hybridized carbons (Fsp3) is 0.231. The fourth-order valence-electron chi connectivity index (χ4n) is 1.69. The maximum atomic E-state index is 3.99. The van der Waals surface area contributed by atoms with Crippen LogP contribution in [-0.2, 0) is 0 Å². The molecule has 2 heteroatoms. The first-order chi connectivity index (χ1) is 7.09. The van der Waals surface area contributed by atoms with Gasteiger partial charge in [-0.25, -0.2) is 0 Å². The normalized spacial score (nSPS) is 14.1. The summed E-state index contributed by atoms with van der Waals surface area (Å²) in [4.78, 5) is 4.22. The second kappa shape index (κ2) is 3.46. The maximum Gasteiger partial charge on any atom is 0.0502 e. The Labute approximate surface area is 91.1 Å². The summed E-state index contributed by atoms with van der Waals surface area (Å²) in [5.41, 5.74) is 4.70. The van der Waals surface area contributed by atoms with Crippen molar-refractivity contribution in [3.8, 4) is 0 Å². The molecule has 1 heterocycles. The molecule has 78 valence electrons. The molecule has 15 heavy (non-hydrogen) atoms. The molecule has 1 aliphatic rings. The first-order valence-corrected chi connectivity index (χ1v) is 5.01. The molecule has 1 aromatic rings. The van der Waals surface area contributed by atoms with E-state index in [9.17, 15) is 0 Å². The predicted molar refractivity (Wildman–Crippen MR) is 67.3 cm³/mol. The number of hydrogen-bond donors (Lipinski definition) is 0. The number of rotatable bonds is 1. The minimum atomic E-state index is 1.03. The van der Waals surface area contributed by atoms with Crippen molar-refractivity contribution in [1.82, 2.24) is 0 Å². The molecule has 0 aliphatic carbocycles. The van der Waals surface area contributed by atoms with Crippen LogP contribution in [0.15, 0.2) is 36.6 Å². The third kappa shape index (κ3) is 1.63. The lowest BCUT2D eigenvalue weighted by Crippen LogP contribution is -2.18. The lowest BCUT2D eigenvalue weighted by molar-refractivity contribution is 1.10. The van der Waals surface area contributed by atoms with Crippen molar-refractivity contribution in [2.24, 2.45) is 0 Å². The second-order valence-corrected chi connectivity index (χ2v) is 4.02. The first-order valence-electron chi connectivity index (χ1n) is 5.01. The summed E-state index contributed by atoms with van der Waals surface area (Å²) in [6.07, 6.45) is 4.15. The van der Waals surface area contributed by atoms with E-state index in [0.29, 0.717) is 0 Å². The molecule has 0 radical (unpaired) electrons. The van der Waals surface area contributed by atoms with Gasteiger partial charge in [-0.2, -0.15) is 0 Å². The third-order valence-electron chi connectivity index (χ3n) is 2.78. The van der Waals surface area contributed by atoms with Crippen LogP contribution in [0, 0.1) is 0 Å². The molecule has 1 aromatic carbocycles. The average Bonchev–Trinajstić information content (AvgIpc) is 2.23. The number of fused-ring (bicyclic) bond motifs is 1. The lowest BCUT2D eigenvalue weighted by atomic mass is 10.1. The molecule has 0 spiro atoms. The summed E-state index contributed by atoms with van der Waals surface area (Å²) in [5.74, 6) is 0. The zero-order valence-electron chi connectivity index (χ0n) is 9.49. The fourth-order valence-corrected chi connectivity index (χ4v) is 1.69. The molecular weight excluding hydrogens is 184 g/mol. The highest BCUT2D eigenvalue weighted by Crippen LogP contribution is 2.31. The molecule has 0 aromatic heterocycles. The van der Waals surface area contributed by atoms with E-state index in [1.807, 2.05) is 13.1 Å². The molecule has 2 rings (SSSR count). The van der Waals surface area contributed by atoms with Crippen LogP contribution >= 0.6 is 0 Å². The van der Waals surface area contributed by atoms with E-state index in [2.05, 4.69) is 54.7 Å². The van der Waals surface area contributed by atoms with Gasteiger partial charge in [0.15, 0.2) is 0 Å². The van der Waals surface area contributed by atoms with Crippen LogP contribution in [0.1, 0.15) is 5.56 Å². The topological polar surface area (TPSA) is 6.48 Å². The first kappa shape index (κ1) is 9.84. The Kier molecular flexibility index (Phi) is 2.27. The molecular formula is C13H16N2. The molecule has 1 aliphatic heterocycles. The van der Waals surface area contributed by atoms with Crippen LogP contribution in [0.5, 0.6) is 0 Å². The van der Waals surface area contributed by atoms with Crippen LogP contribution in [0.2, 0.25) is 0 Å². The van der Waals surface area contributed by atoms with Gasteiger partial charge in [-0.15, -0.1) is 0 Å². The van der Waals surface area contributed by atoms with Gasteiger partial charge in [-0.05, 0) is 23.8 Å². The summed E-state index contributed by atoms with van der Waals surface area (Å²) in [6.45, 7) is 3.99. The Hall–Kier alpha value is -1.70. The molecule has 0 saturated carbocycles. The molecule has 0 unspecified atom stereocenters. The van der Waals surface area contributed by atoms with E-state index in [0.717, 1.165) is 5.70 Å². The van der Waals surface area contributed by atoms with Gasteiger partial charge >= 0.3 is 0 Å². The number of likely N-dealkylation sites (N-methyl/N-ethyl adjacent to an activating group) is 1. The van der Waals surface area contributed by atoms with E-state index >= 15 is 0 Å². The lowest BCUT2D eigenvalue weighted by Gasteiger charge is -2.27. The van der Waals surface area contributed by atoms with Gasteiger partial charge in [0.25, 0.3) is 0 Å². The zero-order chi connectivity index (χ0) is 11.0. The molecule has 0 bridgehead atoms. The molecule has 0 N–H and O–H groups in total. The van der Waals surface area contributed by atoms with E-state index in [-0.39, 0.29) is 0 Å². The number of nitrogens with zero attached hydrogens (tertiary/aromatic N) is 2. The number of benzene rings is 1. The highest BCUT2D eigenvalue weighted by atomic mass is 15.1. The average molecular weight is 200 g/mol. The highest BCUT2D eigenvalue weighted by molar-refractivity contribution is 5.78. The van der Waals surface area contributed by atoms with Crippen LogP contribution < -0.4 is 9.80 Å². The van der Waals surface area contributed by atoms with Crippen molar-refractivity contribution in [1.29, 1.82) is 0 Å². The molecule has 0 saturated heterocycles. The van der Waals surface area contributed by atoms with Crippen LogP contribution in [0.25, 0.3) is 6.08 Å². The molecule has 0 atom stereocenters. The Balaban J connectivity index is 2.52. The number of allylic oxidation sites excluding steroid dienone is 1. The largest absolute Gasteiger partial charge is 0.378 e. The van der Waals surface area contributed by atoms with Crippen LogP contribution in [-0.4, -0.2) is 21.1 Å². The van der Waals surface area contributed by atoms with Gasteiger partial charge in [0.1, 0.15) is 0 Å². The summed E-state index contributed by atoms with van der Waals surface area (Å²) < 4.78 is 0. The monoisotopic (exact) mass is 200 g/mol. The SMILES string of the molecule is C=C1C=Cc2ccc(N(C)C)cc2N1C. The minimum Gasteiger partial charge on any atom is -0.378 e. The predicted octanol–water partition coefficient (Wildman–Crippen LogP) is 2.73. The van der Waals surface area contributed by atoms with E-state index in [4.69, 9.17) is 0 Å². The van der Waals surface area contributed by atoms with Crippen molar-refractivity contribution in [2.75, 3.05) is 30.9 Å². The second-order valence-electron chi connectivity index (χ2n) is 4.02. The van der Waals surface area contributed by atoms with Gasteiger partial charge in [-0.1, -0.05) is 18.7 Å². The van der Waals surface area contributed by atoms with Crippen LogP contribution in [0.4, 0.5) is 11.4 Å². The Morgan fingerprint density at radius 1 is 1.20 bits per heavy atom. The highest BCUT2D eigenvalue weighted by Gasteiger charge is 2.12. The van der Waals surface area contributed by atoms with Gasteiger partial charge in [-0.3, -0.25) is 0 Å². The van der Waals surface area contributed by atoms with Gasteiger partial charge in [0.2, 0.25) is 0 Å². The van der Waals surface area contributed by atoms with Gasteiger partial charge < -0.3 is 9.80 Å². The van der Waals surface area contributed by atoms with E-state index in [1.54, 1.807) is 0 Å². The maximum absolute atomic E-state index is 3.99. The summed E-state index contributed by atoms with van der Waals surface area (Å²) in [5, 5.41) is 0. The van der Waals surface area contributed by atoms with Crippen molar-refractivity contribution < 1.29 is 0 Å². The summed E-state index contributed by atoms with van der Waals surface area (Å²) in [6, 6.07) is 6.46. The van der Waals surface area contributed by atoms with E-state index in [1.165, 1.54) is 16.9 Å². The quantitative estimate of drug-likeness (QED) is 0.687. The van der Waals surface area contributed by atoms with Gasteiger partial charge in [0.05, 0.1) is 5.69 Å². The van der Waals surface area contributed by atoms with Crippen molar-refractivity contribution >= 4 is 17.5 Å². The Bertz CT molecular complexity index is 430. The van der Waals surface area contributed by atoms with Crippen molar-refractivity contribution in [2.45, 2.75) is 0 Å². The minimum absolute atomic E-state index is 1.03. The van der Waals surface area contributed by atoms with Crippen molar-refractivity contribution in [3.05, 3.63) is 42.1 Å². The van der Waals surface area contributed by atoms with Crippen molar-refractivity contribution in [3.63, 3.8) is 0 Å². The Morgan fingerprint density at radius 2 is 1.93 bits per heavy atom. The molecule has 0 amide bonds. The summed E-state index contributed by atoms with van der Waals surface area (Å²) in [7, 11) is 6.15. The number of hydrogen-bond acceptors (Lipinski definition) is 2. The Morgan fingerprint density at radius 3 is 2.60 bits per heavy atom. The van der Waals surface area contributed by atoms with E-state index < -0.39 is 0 Å². The zero-order valence-corrected chi connectivity index (χ0v) is 9.49. The standard InChI is InChI=1S/C13H16N2/c1-10-5-6-11-7-8-12(14(2)3)9-13(11)15(10)4/h5-9H,1H2,2-4H3. The van der Waals surface area contributed by atoms with Crippen LogP contribution in [0.3, 0.4) is 0 Å².